The summed E-state index contributed by atoms with van der Waals surface area (Å²) >= 11 is 0. The van der Waals surface area contributed by atoms with Crippen molar-refractivity contribution in [2.45, 2.75) is 32.8 Å². The van der Waals surface area contributed by atoms with Crippen molar-refractivity contribution in [1.82, 2.24) is 5.32 Å². The zero-order chi connectivity index (χ0) is 16.7. The number of hydrogen-bond acceptors (Lipinski definition) is 3. The molecule has 23 heavy (non-hydrogen) atoms. The highest BCUT2D eigenvalue weighted by molar-refractivity contribution is 5.80. The quantitative estimate of drug-likeness (QED) is 0.772. The van der Waals surface area contributed by atoms with Gasteiger partial charge in [-0.3, -0.25) is 9.59 Å². The standard InChI is InChI=1S/C18H25NO4/c1-13(11-23-12-14-5-3-2-4-6-14)10-19-17(20)15-7-8-16(9-15)18(21)22/h2-6,13,15-16H,7-12H2,1H3,(H,19,20)(H,21,22)/t13?,15-,16+/m1/s1. The van der Waals surface area contributed by atoms with E-state index in [9.17, 15) is 9.59 Å². The van der Waals surface area contributed by atoms with Gasteiger partial charge in [-0.15, -0.1) is 0 Å². The fraction of sp³-hybridized carbons (Fsp3) is 0.556. The van der Waals surface area contributed by atoms with Crippen molar-refractivity contribution in [1.29, 1.82) is 0 Å². The number of amides is 1. The van der Waals surface area contributed by atoms with Gasteiger partial charge in [0.2, 0.25) is 5.91 Å². The minimum absolute atomic E-state index is 0.0244. The molecular weight excluding hydrogens is 294 g/mol. The maximum atomic E-state index is 12.1. The molecule has 1 saturated carbocycles. The fourth-order valence-electron chi connectivity index (χ4n) is 2.87. The molecule has 0 aromatic heterocycles. The van der Waals surface area contributed by atoms with Crippen molar-refractivity contribution in [2.24, 2.45) is 17.8 Å². The van der Waals surface area contributed by atoms with Crippen LogP contribution in [0.5, 0.6) is 0 Å². The Morgan fingerprint density at radius 2 is 1.96 bits per heavy atom. The van der Waals surface area contributed by atoms with Gasteiger partial charge in [-0.1, -0.05) is 37.3 Å². The van der Waals surface area contributed by atoms with E-state index < -0.39 is 5.97 Å². The Bertz CT molecular complexity index is 517. The first kappa shape index (κ1) is 17.5. The van der Waals surface area contributed by atoms with Gasteiger partial charge < -0.3 is 15.2 Å². The zero-order valence-corrected chi connectivity index (χ0v) is 13.5. The van der Waals surface area contributed by atoms with Gasteiger partial charge in [0, 0.05) is 12.5 Å². The first-order valence-electron chi connectivity index (χ1n) is 8.18. The largest absolute Gasteiger partial charge is 0.481 e. The molecule has 126 valence electrons. The summed E-state index contributed by atoms with van der Waals surface area (Å²) in [4.78, 5) is 23.0. The second-order valence-electron chi connectivity index (χ2n) is 6.40. The highest BCUT2D eigenvalue weighted by atomic mass is 16.5. The molecule has 1 aromatic rings. The number of hydrogen-bond donors (Lipinski definition) is 2. The lowest BCUT2D eigenvalue weighted by Gasteiger charge is -2.15. The monoisotopic (exact) mass is 319 g/mol. The second-order valence-corrected chi connectivity index (χ2v) is 6.40. The van der Waals surface area contributed by atoms with Crippen LogP contribution in [-0.4, -0.2) is 30.1 Å². The van der Waals surface area contributed by atoms with Gasteiger partial charge in [-0.25, -0.2) is 0 Å². The van der Waals surface area contributed by atoms with Crippen molar-refractivity contribution in [3.8, 4) is 0 Å². The average molecular weight is 319 g/mol. The molecule has 5 heteroatoms. The van der Waals surface area contributed by atoms with Crippen molar-refractivity contribution in [3.63, 3.8) is 0 Å². The van der Waals surface area contributed by atoms with Gasteiger partial charge in [0.25, 0.3) is 0 Å². The van der Waals surface area contributed by atoms with E-state index in [0.29, 0.717) is 39.0 Å². The van der Waals surface area contributed by atoms with Crippen LogP contribution in [0.2, 0.25) is 0 Å². The van der Waals surface area contributed by atoms with E-state index in [-0.39, 0.29) is 23.7 Å². The van der Waals surface area contributed by atoms with Gasteiger partial charge >= 0.3 is 5.97 Å². The third kappa shape index (κ3) is 5.67. The molecule has 2 rings (SSSR count). The zero-order valence-electron chi connectivity index (χ0n) is 13.5. The average Bonchev–Trinajstić information content (AvgIpc) is 3.04. The summed E-state index contributed by atoms with van der Waals surface area (Å²) in [7, 11) is 0. The number of benzene rings is 1. The first-order valence-corrected chi connectivity index (χ1v) is 8.18. The summed E-state index contributed by atoms with van der Waals surface area (Å²) in [6, 6.07) is 9.97. The van der Waals surface area contributed by atoms with Crippen LogP contribution in [0.15, 0.2) is 30.3 Å². The van der Waals surface area contributed by atoms with Crippen molar-refractivity contribution in [2.75, 3.05) is 13.2 Å². The van der Waals surface area contributed by atoms with E-state index in [2.05, 4.69) is 5.32 Å². The number of ether oxygens (including phenoxy) is 1. The summed E-state index contributed by atoms with van der Waals surface area (Å²) in [5.41, 5.74) is 1.13. The maximum absolute atomic E-state index is 12.1. The first-order chi connectivity index (χ1) is 11.1. The van der Waals surface area contributed by atoms with Crippen LogP contribution in [-0.2, 0) is 20.9 Å². The Morgan fingerprint density at radius 3 is 2.61 bits per heavy atom. The molecule has 1 amide bonds. The third-order valence-corrected chi connectivity index (χ3v) is 4.29. The lowest BCUT2D eigenvalue weighted by atomic mass is 10.0. The topological polar surface area (TPSA) is 75.6 Å². The number of carboxylic acid groups (broad SMARTS) is 1. The molecule has 1 unspecified atom stereocenters. The van der Waals surface area contributed by atoms with Crippen molar-refractivity contribution < 1.29 is 19.4 Å². The van der Waals surface area contributed by atoms with E-state index in [1.54, 1.807) is 0 Å². The number of carbonyl (C=O) groups is 2. The minimum Gasteiger partial charge on any atom is -0.481 e. The van der Waals surface area contributed by atoms with Crippen molar-refractivity contribution >= 4 is 11.9 Å². The lowest BCUT2D eigenvalue weighted by molar-refractivity contribution is -0.141. The van der Waals surface area contributed by atoms with E-state index >= 15 is 0 Å². The molecule has 1 aliphatic carbocycles. The van der Waals surface area contributed by atoms with Gasteiger partial charge in [0.1, 0.15) is 0 Å². The SMILES string of the molecule is CC(CNC(=O)[C@@H]1CC[C@H](C(=O)O)C1)COCc1ccccc1. The number of aliphatic carboxylic acids is 1. The number of rotatable bonds is 8. The van der Waals surface area contributed by atoms with Gasteiger partial charge in [-0.05, 0) is 30.7 Å². The Kier molecular flexibility index (Phi) is 6.59. The van der Waals surface area contributed by atoms with E-state index in [1.807, 2.05) is 37.3 Å². The number of carboxylic acids is 1. The molecule has 1 aliphatic rings. The van der Waals surface area contributed by atoms with Gasteiger partial charge in [-0.2, -0.15) is 0 Å². The Balaban J connectivity index is 1.61. The molecule has 1 fully saturated rings. The molecule has 0 bridgehead atoms. The molecule has 5 nitrogen and oxygen atoms in total. The van der Waals surface area contributed by atoms with Gasteiger partial charge in [0.05, 0.1) is 19.1 Å². The predicted octanol–water partition coefficient (Wildman–Crippen LogP) is 2.46. The lowest BCUT2D eigenvalue weighted by Crippen LogP contribution is -2.34. The van der Waals surface area contributed by atoms with Crippen LogP contribution in [0.3, 0.4) is 0 Å². The van der Waals surface area contributed by atoms with Crippen LogP contribution in [0.4, 0.5) is 0 Å². The summed E-state index contributed by atoms with van der Waals surface area (Å²) < 4.78 is 5.66. The Morgan fingerprint density at radius 1 is 1.26 bits per heavy atom. The van der Waals surface area contributed by atoms with E-state index in [1.165, 1.54) is 0 Å². The summed E-state index contributed by atoms with van der Waals surface area (Å²) in [5.74, 6) is -1.11. The predicted molar refractivity (Wildman–Crippen MR) is 86.7 cm³/mol. The molecule has 0 radical (unpaired) electrons. The molecule has 0 heterocycles. The summed E-state index contributed by atoms with van der Waals surface area (Å²) in [6.45, 7) is 3.74. The van der Waals surface area contributed by atoms with E-state index in [4.69, 9.17) is 9.84 Å². The normalized spacial score (nSPS) is 21.8. The highest BCUT2D eigenvalue weighted by Gasteiger charge is 2.33. The molecule has 2 N–H and O–H groups in total. The number of nitrogens with one attached hydrogen (secondary N) is 1. The van der Waals surface area contributed by atoms with Crippen LogP contribution in [0.1, 0.15) is 31.7 Å². The molecule has 0 aliphatic heterocycles. The highest BCUT2D eigenvalue weighted by Crippen LogP contribution is 2.31. The second kappa shape index (κ2) is 8.67. The summed E-state index contributed by atoms with van der Waals surface area (Å²) in [5, 5.41) is 11.9. The molecule has 1 aromatic carbocycles. The van der Waals surface area contributed by atoms with E-state index in [0.717, 1.165) is 5.56 Å². The molecular formula is C18H25NO4. The maximum Gasteiger partial charge on any atom is 0.306 e. The van der Waals surface area contributed by atoms with Crippen LogP contribution >= 0.6 is 0 Å². The van der Waals surface area contributed by atoms with Crippen LogP contribution in [0, 0.1) is 17.8 Å². The van der Waals surface area contributed by atoms with Gasteiger partial charge in [0.15, 0.2) is 0 Å². The smallest absolute Gasteiger partial charge is 0.306 e. The summed E-state index contributed by atoms with van der Waals surface area (Å²) in [6.07, 6.45) is 1.73. The third-order valence-electron chi connectivity index (χ3n) is 4.29. The molecule has 0 spiro atoms. The van der Waals surface area contributed by atoms with Crippen LogP contribution in [0.25, 0.3) is 0 Å². The Hall–Kier alpha value is -1.88. The Labute approximate surface area is 137 Å². The molecule has 3 atom stereocenters. The fourth-order valence-corrected chi connectivity index (χ4v) is 2.87. The molecule has 0 saturated heterocycles. The number of carbonyl (C=O) groups excluding carboxylic acids is 1. The minimum atomic E-state index is -0.789. The van der Waals surface area contributed by atoms with Crippen LogP contribution < -0.4 is 5.32 Å². The van der Waals surface area contributed by atoms with Crippen molar-refractivity contribution in [3.05, 3.63) is 35.9 Å².